The molecule has 2 heterocycles. The number of nitrogens with zero attached hydrogens (tertiary/aromatic N) is 2. The van der Waals surface area contributed by atoms with Gasteiger partial charge in [0.1, 0.15) is 17.3 Å². The molecule has 28 heavy (non-hydrogen) atoms. The summed E-state index contributed by atoms with van der Waals surface area (Å²) in [6.45, 7) is 4.83. The highest BCUT2D eigenvalue weighted by Gasteiger charge is 2.26. The maximum Gasteiger partial charge on any atom is 0.270 e. The fourth-order valence-electron chi connectivity index (χ4n) is 3.20. The van der Waals surface area contributed by atoms with Crippen molar-refractivity contribution in [1.82, 2.24) is 10.2 Å². The van der Waals surface area contributed by atoms with E-state index in [9.17, 15) is 14.9 Å². The predicted molar refractivity (Wildman–Crippen MR) is 101 cm³/mol. The average molecular weight is 389 g/mol. The topological polar surface area (TPSA) is 107 Å². The number of hydrogen-bond donors (Lipinski definition) is 1. The number of non-ortho nitro benzene ring substituents is 1. The minimum absolute atomic E-state index is 0.119. The third-order valence-corrected chi connectivity index (χ3v) is 4.67. The minimum Gasteiger partial charge on any atom is -0.496 e. The molecule has 1 fully saturated rings. The zero-order valence-corrected chi connectivity index (χ0v) is 15.8. The first-order chi connectivity index (χ1) is 13.5. The summed E-state index contributed by atoms with van der Waals surface area (Å²) >= 11 is 0. The summed E-state index contributed by atoms with van der Waals surface area (Å²) in [6.07, 6.45) is 0. The number of ether oxygens (including phenoxy) is 2. The van der Waals surface area contributed by atoms with Crippen molar-refractivity contribution in [1.29, 1.82) is 0 Å². The van der Waals surface area contributed by atoms with Crippen molar-refractivity contribution >= 4 is 11.6 Å². The van der Waals surface area contributed by atoms with Crippen LogP contribution in [0.2, 0.25) is 0 Å². The van der Waals surface area contributed by atoms with Crippen LogP contribution in [0.1, 0.15) is 27.9 Å². The van der Waals surface area contributed by atoms with Crippen molar-refractivity contribution in [2.45, 2.75) is 13.0 Å². The Kier molecular flexibility index (Phi) is 6.27. The number of rotatable bonds is 7. The van der Waals surface area contributed by atoms with Crippen LogP contribution < -0.4 is 10.1 Å². The second-order valence-corrected chi connectivity index (χ2v) is 6.46. The van der Waals surface area contributed by atoms with Gasteiger partial charge in [-0.2, -0.15) is 0 Å². The third kappa shape index (κ3) is 4.49. The number of aryl methyl sites for hydroxylation is 1. The van der Waals surface area contributed by atoms with Gasteiger partial charge in [-0.25, -0.2) is 0 Å². The standard InChI is InChI=1S/C19H23N3O6/c1-13-3-5-18(28-13)16(21-7-9-27-10-8-21)12-20-19(23)15-11-14(22(24)25)4-6-17(15)26-2/h3-6,11,16H,7-10,12H2,1-2H3,(H,20,23). The van der Waals surface area contributed by atoms with Gasteiger partial charge in [0.2, 0.25) is 0 Å². The van der Waals surface area contributed by atoms with Crippen LogP contribution in [-0.4, -0.2) is 55.7 Å². The first-order valence-corrected chi connectivity index (χ1v) is 8.98. The Balaban J connectivity index is 1.78. The van der Waals surface area contributed by atoms with Crippen molar-refractivity contribution in [3.63, 3.8) is 0 Å². The molecule has 1 aliphatic heterocycles. The van der Waals surface area contributed by atoms with Gasteiger partial charge in [0.25, 0.3) is 11.6 Å². The van der Waals surface area contributed by atoms with E-state index in [4.69, 9.17) is 13.9 Å². The van der Waals surface area contributed by atoms with Gasteiger partial charge in [-0.3, -0.25) is 19.8 Å². The molecule has 1 amide bonds. The summed E-state index contributed by atoms with van der Waals surface area (Å²) in [5.41, 5.74) is -0.0506. The van der Waals surface area contributed by atoms with Crippen molar-refractivity contribution in [3.05, 3.63) is 57.5 Å². The molecule has 150 valence electrons. The largest absolute Gasteiger partial charge is 0.496 e. The lowest BCUT2D eigenvalue weighted by Gasteiger charge is -2.33. The van der Waals surface area contributed by atoms with Crippen LogP contribution in [0.15, 0.2) is 34.7 Å². The van der Waals surface area contributed by atoms with Gasteiger partial charge in [0.15, 0.2) is 0 Å². The Hall–Kier alpha value is -2.91. The molecule has 9 heteroatoms. The Morgan fingerprint density at radius 2 is 2.07 bits per heavy atom. The summed E-state index contributed by atoms with van der Waals surface area (Å²) < 4.78 is 16.4. The normalized spacial score (nSPS) is 15.8. The van der Waals surface area contributed by atoms with Crippen LogP contribution in [0.4, 0.5) is 5.69 Å². The SMILES string of the molecule is COc1ccc([N+](=O)[O-])cc1C(=O)NCC(c1ccc(C)o1)N1CCOCC1. The number of methoxy groups -OCH3 is 1. The Morgan fingerprint density at radius 3 is 2.68 bits per heavy atom. The fraction of sp³-hybridized carbons (Fsp3) is 0.421. The molecule has 0 bridgehead atoms. The van der Waals surface area contributed by atoms with Crippen molar-refractivity contribution in [3.8, 4) is 5.75 Å². The lowest BCUT2D eigenvalue weighted by atomic mass is 10.1. The highest BCUT2D eigenvalue weighted by Crippen LogP contribution is 2.26. The predicted octanol–water partition coefficient (Wildman–Crippen LogP) is 2.31. The molecule has 1 aromatic carbocycles. The highest BCUT2D eigenvalue weighted by molar-refractivity contribution is 5.97. The first kappa shape index (κ1) is 19.8. The molecule has 0 spiro atoms. The number of hydrogen-bond acceptors (Lipinski definition) is 7. The van der Waals surface area contributed by atoms with E-state index in [-0.39, 0.29) is 29.6 Å². The van der Waals surface area contributed by atoms with E-state index in [1.54, 1.807) is 0 Å². The second kappa shape index (κ2) is 8.85. The van der Waals surface area contributed by atoms with Crippen LogP contribution >= 0.6 is 0 Å². The molecule has 1 aliphatic rings. The summed E-state index contributed by atoms with van der Waals surface area (Å²) in [5, 5.41) is 13.9. The fourth-order valence-corrected chi connectivity index (χ4v) is 3.20. The van der Waals surface area contributed by atoms with E-state index in [1.807, 2.05) is 19.1 Å². The van der Waals surface area contributed by atoms with Crippen LogP contribution in [0.25, 0.3) is 0 Å². The number of nitro benzene ring substituents is 1. The maximum atomic E-state index is 12.7. The first-order valence-electron chi connectivity index (χ1n) is 8.98. The molecule has 0 saturated carbocycles. The second-order valence-electron chi connectivity index (χ2n) is 6.46. The lowest BCUT2D eigenvalue weighted by Crippen LogP contribution is -2.43. The molecule has 0 radical (unpaired) electrons. The van der Waals surface area contributed by atoms with E-state index >= 15 is 0 Å². The van der Waals surface area contributed by atoms with Crippen molar-refractivity contribution in [2.75, 3.05) is 40.0 Å². The number of carbonyl (C=O) groups excluding carboxylic acids is 1. The quantitative estimate of drug-likeness (QED) is 0.572. The Morgan fingerprint density at radius 1 is 1.32 bits per heavy atom. The molecule has 2 aromatic rings. The molecule has 3 rings (SSSR count). The molecule has 9 nitrogen and oxygen atoms in total. The van der Waals surface area contributed by atoms with Crippen molar-refractivity contribution in [2.24, 2.45) is 0 Å². The number of nitrogens with one attached hydrogen (secondary N) is 1. The summed E-state index contributed by atoms with van der Waals surface area (Å²) in [7, 11) is 1.42. The van der Waals surface area contributed by atoms with Crippen molar-refractivity contribution < 1.29 is 23.6 Å². The number of morpholine rings is 1. The van der Waals surface area contributed by atoms with Gasteiger partial charge < -0.3 is 19.2 Å². The maximum absolute atomic E-state index is 12.7. The lowest BCUT2D eigenvalue weighted by molar-refractivity contribution is -0.384. The van der Waals surface area contributed by atoms with Crippen LogP contribution in [0.3, 0.4) is 0 Å². The van der Waals surface area contributed by atoms with Crippen LogP contribution in [0, 0.1) is 17.0 Å². The molecule has 1 N–H and O–H groups in total. The molecule has 1 aromatic heterocycles. The van der Waals surface area contributed by atoms with E-state index in [0.717, 1.165) is 24.6 Å². The van der Waals surface area contributed by atoms with Gasteiger partial charge in [-0.15, -0.1) is 0 Å². The molecule has 1 saturated heterocycles. The summed E-state index contributed by atoms with van der Waals surface area (Å²) in [5.74, 6) is 1.38. The molecular weight excluding hydrogens is 366 g/mol. The van der Waals surface area contributed by atoms with Crippen LogP contribution in [0.5, 0.6) is 5.75 Å². The molecule has 1 unspecified atom stereocenters. The zero-order chi connectivity index (χ0) is 20.1. The Labute approximate surface area is 162 Å². The number of benzene rings is 1. The van der Waals surface area contributed by atoms with E-state index < -0.39 is 10.8 Å². The third-order valence-electron chi connectivity index (χ3n) is 4.67. The molecule has 0 aliphatic carbocycles. The number of furan rings is 1. The average Bonchev–Trinajstić information content (AvgIpc) is 3.14. The number of nitro groups is 1. The van der Waals surface area contributed by atoms with Crippen LogP contribution in [-0.2, 0) is 4.74 Å². The van der Waals surface area contributed by atoms with E-state index in [0.29, 0.717) is 13.2 Å². The Bertz CT molecular complexity index is 844. The van der Waals surface area contributed by atoms with Gasteiger partial charge in [0, 0.05) is 31.8 Å². The van der Waals surface area contributed by atoms with Gasteiger partial charge in [-0.1, -0.05) is 0 Å². The summed E-state index contributed by atoms with van der Waals surface area (Å²) in [4.78, 5) is 25.4. The smallest absolute Gasteiger partial charge is 0.270 e. The van der Waals surface area contributed by atoms with E-state index in [1.165, 1.54) is 25.3 Å². The van der Waals surface area contributed by atoms with Gasteiger partial charge >= 0.3 is 0 Å². The monoisotopic (exact) mass is 389 g/mol. The molecule has 1 atom stereocenters. The minimum atomic E-state index is -0.543. The summed E-state index contributed by atoms with van der Waals surface area (Å²) in [6, 6.07) is 7.56. The zero-order valence-electron chi connectivity index (χ0n) is 15.8. The van der Waals surface area contributed by atoms with Gasteiger partial charge in [0.05, 0.1) is 36.9 Å². The highest BCUT2D eigenvalue weighted by atomic mass is 16.6. The van der Waals surface area contributed by atoms with Gasteiger partial charge in [-0.05, 0) is 25.1 Å². The number of carbonyl (C=O) groups is 1. The molecular formula is C19H23N3O6. The van der Waals surface area contributed by atoms with E-state index in [2.05, 4.69) is 10.2 Å². The number of amides is 1.